The Labute approximate surface area is 141 Å². The first-order chi connectivity index (χ1) is 10.9. The van der Waals surface area contributed by atoms with Crippen LogP contribution < -0.4 is 5.32 Å². The third-order valence-corrected chi connectivity index (χ3v) is 4.52. The van der Waals surface area contributed by atoms with Crippen LogP contribution in [0.2, 0.25) is 0 Å². The molecule has 1 amide bonds. The van der Waals surface area contributed by atoms with Crippen LogP contribution in [0.1, 0.15) is 25.8 Å². The molecule has 0 spiro atoms. The number of carbonyl (C=O) groups excluding carboxylic acids is 1. The molecule has 5 nitrogen and oxygen atoms in total. The van der Waals surface area contributed by atoms with Crippen molar-refractivity contribution in [1.29, 1.82) is 0 Å². The summed E-state index contributed by atoms with van der Waals surface area (Å²) in [6.45, 7) is 7.59. The SMILES string of the molecule is CCN(CC(=O)NCCc1nc2ccccc2s1)CC(C)(C)O. The standard InChI is InChI=1S/C17H25N3O2S/c1-4-20(12-17(2,3)22)11-15(21)18-10-9-16-19-13-7-5-6-8-14(13)23-16/h5-8,22H,4,9-12H2,1-3H3,(H,18,21). The highest BCUT2D eigenvalue weighted by molar-refractivity contribution is 7.18. The number of aromatic nitrogens is 1. The van der Waals surface area contributed by atoms with E-state index in [-0.39, 0.29) is 5.91 Å². The maximum Gasteiger partial charge on any atom is 0.234 e. The normalized spacial score (nSPS) is 12.0. The van der Waals surface area contributed by atoms with Crippen molar-refractivity contribution < 1.29 is 9.90 Å². The maximum atomic E-state index is 12.0. The molecule has 1 aromatic carbocycles. The van der Waals surface area contributed by atoms with E-state index in [2.05, 4.69) is 16.4 Å². The lowest BCUT2D eigenvalue weighted by Gasteiger charge is -2.27. The zero-order chi connectivity index (χ0) is 16.9. The van der Waals surface area contributed by atoms with Gasteiger partial charge in [0.05, 0.1) is 27.4 Å². The molecule has 0 bridgehead atoms. The van der Waals surface area contributed by atoms with Crippen LogP contribution in [0.25, 0.3) is 10.2 Å². The predicted octanol–water partition coefficient (Wildman–Crippen LogP) is 2.05. The quantitative estimate of drug-likeness (QED) is 0.775. The van der Waals surface area contributed by atoms with E-state index in [1.807, 2.05) is 30.0 Å². The fourth-order valence-electron chi connectivity index (χ4n) is 2.42. The van der Waals surface area contributed by atoms with Crippen LogP contribution in [0.5, 0.6) is 0 Å². The van der Waals surface area contributed by atoms with Gasteiger partial charge in [0.25, 0.3) is 0 Å². The first-order valence-corrected chi connectivity index (χ1v) is 8.75. The Morgan fingerprint density at radius 2 is 2.13 bits per heavy atom. The lowest BCUT2D eigenvalue weighted by Crippen LogP contribution is -2.44. The number of hydrogen-bond acceptors (Lipinski definition) is 5. The Kier molecular flexibility index (Phi) is 6.10. The molecule has 0 aliphatic carbocycles. The van der Waals surface area contributed by atoms with Crippen molar-refractivity contribution in [2.75, 3.05) is 26.2 Å². The van der Waals surface area contributed by atoms with Crippen LogP contribution in [0.15, 0.2) is 24.3 Å². The van der Waals surface area contributed by atoms with Crippen molar-refractivity contribution in [3.63, 3.8) is 0 Å². The number of nitrogens with zero attached hydrogens (tertiary/aromatic N) is 2. The van der Waals surface area contributed by atoms with Crippen LogP contribution in [0.3, 0.4) is 0 Å². The largest absolute Gasteiger partial charge is 0.389 e. The van der Waals surface area contributed by atoms with Gasteiger partial charge in [-0.1, -0.05) is 19.1 Å². The number of carbonyl (C=O) groups is 1. The summed E-state index contributed by atoms with van der Waals surface area (Å²) in [5.74, 6) is -0.0165. The van der Waals surface area contributed by atoms with E-state index in [0.717, 1.165) is 23.5 Å². The summed E-state index contributed by atoms with van der Waals surface area (Å²) in [4.78, 5) is 18.5. The summed E-state index contributed by atoms with van der Waals surface area (Å²) < 4.78 is 1.18. The van der Waals surface area contributed by atoms with Gasteiger partial charge in [-0.2, -0.15) is 0 Å². The molecule has 126 valence electrons. The van der Waals surface area contributed by atoms with E-state index >= 15 is 0 Å². The second kappa shape index (κ2) is 7.86. The molecule has 0 fully saturated rings. The van der Waals surface area contributed by atoms with Gasteiger partial charge in [-0.25, -0.2) is 4.98 Å². The van der Waals surface area contributed by atoms with E-state index in [0.29, 0.717) is 19.6 Å². The number of hydrogen-bond donors (Lipinski definition) is 2. The molecule has 2 rings (SSSR count). The summed E-state index contributed by atoms with van der Waals surface area (Å²) in [6, 6.07) is 8.05. The smallest absolute Gasteiger partial charge is 0.234 e. The number of amides is 1. The van der Waals surface area contributed by atoms with Crippen LogP contribution in [-0.2, 0) is 11.2 Å². The molecular formula is C17H25N3O2S. The van der Waals surface area contributed by atoms with Crippen LogP contribution in [0.4, 0.5) is 0 Å². The molecule has 6 heteroatoms. The van der Waals surface area contributed by atoms with Crippen LogP contribution in [0, 0.1) is 0 Å². The number of nitrogens with one attached hydrogen (secondary N) is 1. The highest BCUT2D eigenvalue weighted by atomic mass is 32.1. The fraction of sp³-hybridized carbons (Fsp3) is 0.529. The van der Waals surface area contributed by atoms with Crippen molar-refractivity contribution in [3.05, 3.63) is 29.3 Å². The molecule has 0 aliphatic heterocycles. The third kappa shape index (κ3) is 5.89. The topological polar surface area (TPSA) is 65.5 Å². The number of rotatable bonds is 8. The molecule has 0 aliphatic rings. The summed E-state index contributed by atoms with van der Waals surface area (Å²) in [5, 5.41) is 13.8. The Morgan fingerprint density at radius 3 is 2.78 bits per heavy atom. The third-order valence-electron chi connectivity index (χ3n) is 3.42. The zero-order valence-corrected chi connectivity index (χ0v) is 14.8. The molecule has 0 radical (unpaired) electrons. The van der Waals surface area contributed by atoms with Gasteiger partial charge in [-0.15, -0.1) is 11.3 Å². The van der Waals surface area contributed by atoms with Crippen LogP contribution >= 0.6 is 11.3 Å². The second-order valence-corrected chi connectivity index (χ2v) is 7.41. The fourth-order valence-corrected chi connectivity index (χ4v) is 3.39. The second-order valence-electron chi connectivity index (χ2n) is 6.29. The minimum atomic E-state index is -0.794. The lowest BCUT2D eigenvalue weighted by molar-refractivity contribution is -0.122. The highest BCUT2D eigenvalue weighted by Crippen LogP contribution is 2.21. The molecule has 0 saturated heterocycles. The van der Waals surface area contributed by atoms with E-state index < -0.39 is 5.60 Å². The Hall–Kier alpha value is -1.50. The number of aliphatic hydroxyl groups is 1. The number of thiazole rings is 1. The predicted molar refractivity (Wildman–Crippen MR) is 94.7 cm³/mol. The lowest BCUT2D eigenvalue weighted by atomic mass is 10.1. The van der Waals surface area contributed by atoms with Crippen LogP contribution in [-0.4, -0.2) is 52.7 Å². The minimum absolute atomic E-state index is 0.0165. The number of benzene rings is 1. The maximum absolute atomic E-state index is 12.0. The van der Waals surface area contributed by atoms with Crippen molar-refractivity contribution in [2.45, 2.75) is 32.8 Å². The van der Waals surface area contributed by atoms with E-state index in [4.69, 9.17) is 0 Å². The number of fused-ring (bicyclic) bond motifs is 1. The van der Waals surface area contributed by atoms with Gasteiger partial charge in [0.2, 0.25) is 5.91 Å². The van der Waals surface area contributed by atoms with Crippen molar-refractivity contribution in [1.82, 2.24) is 15.2 Å². The number of para-hydroxylation sites is 1. The van der Waals surface area contributed by atoms with Crippen molar-refractivity contribution in [2.24, 2.45) is 0 Å². The zero-order valence-electron chi connectivity index (χ0n) is 14.0. The molecule has 0 unspecified atom stereocenters. The monoisotopic (exact) mass is 335 g/mol. The highest BCUT2D eigenvalue weighted by Gasteiger charge is 2.19. The molecular weight excluding hydrogens is 310 g/mol. The van der Waals surface area contributed by atoms with E-state index in [9.17, 15) is 9.90 Å². The van der Waals surface area contributed by atoms with Gasteiger partial charge in [-0.3, -0.25) is 9.69 Å². The van der Waals surface area contributed by atoms with E-state index in [1.54, 1.807) is 25.2 Å². The molecule has 1 aromatic heterocycles. The summed E-state index contributed by atoms with van der Waals surface area (Å²) in [6.07, 6.45) is 0.739. The van der Waals surface area contributed by atoms with Gasteiger partial charge in [-0.05, 0) is 32.5 Å². The molecule has 0 atom stereocenters. The van der Waals surface area contributed by atoms with Gasteiger partial charge in [0.1, 0.15) is 0 Å². The Morgan fingerprint density at radius 1 is 1.39 bits per heavy atom. The van der Waals surface area contributed by atoms with Crippen molar-refractivity contribution in [3.8, 4) is 0 Å². The van der Waals surface area contributed by atoms with E-state index in [1.165, 1.54) is 4.70 Å². The van der Waals surface area contributed by atoms with Gasteiger partial charge in [0, 0.05) is 19.5 Å². The van der Waals surface area contributed by atoms with Crippen molar-refractivity contribution >= 4 is 27.5 Å². The molecule has 2 aromatic rings. The van der Waals surface area contributed by atoms with Gasteiger partial charge in [0.15, 0.2) is 0 Å². The Bertz CT molecular complexity index is 616. The first-order valence-electron chi connectivity index (χ1n) is 7.93. The molecule has 2 N–H and O–H groups in total. The van der Waals surface area contributed by atoms with Gasteiger partial charge >= 0.3 is 0 Å². The average Bonchev–Trinajstić information content (AvgIpc) is 2.87. The molecule has 0 saturated carbocycles. The summed E-state index contributed by atoms with van der Waals surface area (Å²) >= 11 is 1.67. The Balaban J connectivity index is 1.77. The number of likely N-dealkylation sites (N-methyl/N-ethyl adjacent to an activating group) is 1. The molecule has 1 heterocycles. The summed E-state index contributed by atoms with van der Waals surface area (Å²) in [5.41, 5.74) is 0.221. The minimum Gasteiger partial charge on any atom is -0.389 e. The summed E-state index contributed by atoms with van der Waals surface area (Å²) in [7, 11) is 0. The van der Waals surface area contributed by atoms with Gasteiger partial charge < -0.3 is 10.4 Å². The first kappa shape index (κ1) is 17.8. The average molecular weight is 335 g/mol. The molecule has 23 heavy (non-hydrogen) atoms.